The smallest absolute Gasteiger partial charge is 0.265 e. The van der Waals surface area contributed by atoms with Crippen molar-refractivity contribution >= 4 is 23.4 Å². The zero-order valence-electron chi connectivity index (χ0n) is 21.9. The van der Waals surface area contributed by atoms with Crippen LogP contribution in [0, 0.1) is 17.8 Å². The standard InChI is InChI=1S/C31H39N3O3/c1-2-3-4-5-6-10-23-22-9-7-8-11-24(22)28(36)26(27(23)35)29(37)34-30-32-18-25(33-30)31-15-19-12-20(16-31)14-21(13-19)17-31/h7-9,11,18-21,23,36H,2-6,10,12-17H2,1H3,(H2,32,33,34,37). The van der Waals surface area contributed by atoms with Gasteiger partial charge < -0.3 is 10.1 Å². The van der Waals surface area contributed by atoms with Crippen molar-refractivity contribution in [2.75, 3.05) is 5.32 Å². The topological polar surface area (TPSA) is 95.1 Å². The Bertz CT molecular complexity index is 1190. The highest BCUT2D eigenvalue weighted by atomic mass is 16.3. The molecule has 7 rings (SSSR count). The summed E-state index contributed by atoms with van der Waals surface area (Å²) >= 11 is 0. The summed E-state index contributed by atoms with van der Waals surface area (Å²) in [6.07, 6.45) is 15.8. The van der Waals surface area contributed by atoms with Crippen LogP contribution in [0.2, 0.25) is 0 Å². The lowest BCUT2D eigenvalue weighted by atomic mass is 9.49. The molecule has 1 unspecified atom stereocenters. The van der Waals surface area contributed by atoms with E-state index in [9.17, 15) is 14.7 Å². The third-order valence-corrected chi connectivity index (χ3v) is 9.63. The number of carbonyl (C=O) groups excluding carboxylic acids is 2. The van der Waals surface area contributed by atoms with Gasteiger partial charge in [0.25, 0.3) is 5.91 Å². The van der Waals surface area contributed by atoms with Gasteiger partial charge in [0.1, 0.15) is 11.3 Å². The Morgan fingerprint density at radius 1 is 1.05 bits per heavy atom. The molecule has 0 saturated heterocycles. The number of nitrogens with zero attached hydrogens (tertiary/aromatic N) is 1. The second kappa shape index (κ2) is 9.77. The van der Waals surface area contributed by atoms with Crippen LogP contribution >= 0.6 is 0 Å². The zero-order valence-corrected chi connectivity index (χ0v) is 21.9. The number of ketones is 1. The molecule has 1 atom stereocenters. The van der Waals surface area contributed by atoms with Gasteiger partial charge in [-0.2, -0.15) is 0 Å². The number of aliphatic hydroxyl groups excluding tert-OH is 1. The second-order valence-electron chi connectivity index (χ2n) is 12.2. The summed E-state index contributed by atoms with van der Waals surface area (Å²) in [6, 6.07) is 7.43. The third-order valence-electron chi connectivity index (χ3n) is 9.63. The molecule has 6 nitrogen and oxygen atoms in total. The Balaban J connectivity index is 1.21. The SMILES string of the molecule is CCCCCCCC1C(=O)C(C(=O)Nc2ncc(C34CC5CC(CC(C5)C3)C4)[nH]2)=C(O)c2ccccc21. The number of hydrogen-bond acceptors (Lipinski definition) is 4. The summed E-state index contributed by atoms with van der Waals surface area (Å²) in [5, 5.41) is 13.8. The van der Waals surface area contributed by atoms with Crippen molar-refractivity contribution in [3.63, 3.8) is 0 Å². The number of benzene rings is 1. The highest BCUT2D eigenvalue weighted by molar-refractivity contribution is 6.30. The van der Waals surface area contributed by atoms with E-state index in [4.69, 9.17) is 0 Å². The van der Waals surface area contributed by atoms with Crippen molar-refractivity contribution in [1.82, 2.24) is 9.97 Å². The summed E-state index contributed by atoms with van der Waals surface area (Å²) in [5.74, 6) is 1.28. The third kappa shape index (κ3) is 4.42. The summed E-state index contributed by atoms with van der Waals surface area (Å²) in [6.45, 7) is 2.18. The van der Waals surface area contributed by atoms with Gasteiger partial charge in [-0.3, -0.25) is 14.9 Å². The number of unbranched alkanes of at least 4 members (excludes halogenated alkanes) is 4. The van der Waals surface area contributed by atoms with Crippen molar-refractivity contribution in [3.8, 4) is 0 Å². The molecule has 196 valence electrons. The average molecular weight is 502 g/mol. The number of imidazole rings is 1. The monoisotopic (exact) mass is 501 g/mol. The van der Waals surface area contributed by atoms with E-state index in [1.807, 2.05) is 24.4 Å². The van der Waals surface area contributed by atoms with Crippen LogP contribution in [0.3, 0.4) is 0 Å². The molecule has 1 aromatic heterocycles. The predicted molar refractivity (Wildman–Crippen MR) is 144 cm³/mol. The van der Waals surface area contributed by atoms with Crippen LogP contribution < -0.4 is 5.32 Å². The van der Waals surface area contributed by atoms with Gasteiger partial charge in [-0.15, -0.1) is 0 Å². The summed E-state index contributed by atoms with van der Waals surface area (Å²) in [5.41, 5.74) is 2.52. The van der Waals surface area contributed by atoms with Gasteiger partial charge in [0.15, 0.2) is 5.78 Å². The van der Waals surface area contributed by atoms with E-state index < -0.39 is 11.8 Å². The van der Waals surface area contributed by atoms with E-state index in [0.29, 0.717) is 17.9 Å². The van der Waals surface area contributed by atoms with E-state index in [1.165, 1.54) is 51.4 Å². The van der Waals surface area contributed by atoms with Gasteiger partial charge >= 0.3 is 0 Å². The van der Waals surface area contributed by atoms with Crippen molar-refractivity contribution in [1.29, 1.82) is 0 Å². The van der Waals surface area contributed by atoms with Crippen molar-refractivity contribution in [2.24, 2.45) is 17.8 Å². The highest BCUT2D eigenvalue weighted by Gasteiger charge is 2.52. The van der Waals surface area contributed by atoms with Crippen LogP contribution in [0.4, 0.5) is 5.95 Å². The molecule has 3 N–H and O–H groups in total. The van der Waals surface area contributed by atoms with Crippen LogP contribution in [-0.2, 0) is 15.0 Å². The molecule has 0 radical (unpaired) electrons. The van der Waals surface area contributed by atoms with E-state index in [-0.39, 0.29) is 22.5 Å². The molecule has 37 heavy (non-hydrogen) atoms. The minimum atomic E-state index is -0.584. The molecule has 0 spiro atoms. The van der Waals surface area contributed by atoms with E-state index in [2.05, 4.69) is 22.2 Å². The number of anilines is 1. The fourth-order valence-corrected chi connectivity index (χ4v) is 8.31. The maximum Gasteiger partial charge on any atom is 0.265 e. The first-order chi connectivity index (χ1) is 18.0. The molecule has 6 heteroatoms. The fourth-order valence-electron chi connectivity index (χ4n) is 8.31. The lowest BCUT2D eigenvalue weighted by molar-refractivity contribution is -0.121. The van der Waals surface area contributed by atoms with Crippen LogP contribution in [0.15, 0.2) is 36.0 Å². The van der Waals surface area contributed by atoms with Gasteiger partial charge in [0.05, 0.1) is 6.20 Å². The highest BCUT2D eigenvalue weighted by Crippen LogP contribution is 2.60. The predicted octanol–water partition coefficient (Wildman–Crippen LogP) is 6.81. The number of H-pyrrole nitrogens is 1. The number of hydrogen-bond donors (Lipinski definition) is 3. The Morgan fingerprint density at radius 3 is 2.43 bits per heavy atom. The van der Waals surface area contributed by atoms with E-state index >= 15 is 0 Å². The molecule has 4 saturated carbocycles. The molecule has 2 aromatic rings. The first kappa shape index (κ1) is 24.4. The van der Waals surface area contributed by atoms with Gasteiger partial charge in [0, 0.05) is 22.6 Å². The van der Waals surface area contributed by atoms with Crippen molar-refractivity contribution < 1.29 is 14.7 Å². The summed E-state index contributed by atoms with van der Waals surface area (Å²) in [4.78, 5) is 34.9. The first-order valence-electron chi connectivity index (χ1n) is 14.4. The first-order valence-corrected chi connectivity index (χ1v) is 14.4. The van der Waals surface area contributed by atoms with Gasteiger partial charge in [0.2, 0.25) is 5.95 Å². The second-order valence-corrected chi connectivity index (χ2v) is 12.2. The van der Waals surface area contributed by atoms with E-state index in [1.54, 1.807) is 6.07 Å². The minimum Gasteiger partial charge on any atom is -0.506 e. The molecule has 4 fully saturated rings. The molecular weight excluding hydrogens is 462 g/mol. The molecule has 4 bridgehead atoms. The quantitative estimate of drug-likeness (QED) is 0.260. The molecule has 0 aliphatic heterocycles. The lowest BCUT2D eigenvalue weighted by Gasteiger charge is -2.56. The number of amides is 1. The van der Waals surface area contributed by atoms with Crippen LogP contribution in [0.5, 0.6) is 0 Å². The molecule has 1 amide bonds. The lowest BCUT2D eigenvalue weighted by Crippen LogP contribution is -2.48. The van der Waals surface area contributed by atoms with Crippen molar-refractivity contribution in [3.05, 3.63) is 52.9 Å². The van der Waals surface area contributed by atoms with Crippen LogP contribution in [-0.4, -0.2) is 26.8 Å². The van der Waals surface area contributed by atoms with Gasteiger partial charge in [-0.05, 0) is 68.3 Å². The number of Topliss-reactive ketones (excluding diaryl/α,β-unsaturated/α-hetero) is 1. The number of aliphatic hydroxyl groups is 1. The summed E-state index contributed by atoms with van der Waals surface area (Å²) in [7, 11) is 0. The number of fused-ring (bicyclic) bond motifs is 1. The Hall–Kier alpha value is -2.89. The molecule has 5 aliphatic rings. The number of carbonyl (C=O) groups is 2. The van der Waals surface area contributed by atoms with Crippen LogP contribution in [0.1, 0.15) is 107 Å². The number of nitrogens with one attached hydrogen (secondary N) is 2. The maximum atomic E-state index is 13.6. The Labute approximate surface area is 219 Å². The normalized spacial score (nSPS) is 30.0. The van der Waals surface area contributed by atoms with Crippen LogP contribution in [0.25, 0.3) is 5.76 Å². The van der Waals surface area contributed by atoms with Gasteiger partial charge in [-0.25, -0.2) is 4.98 Å². The molecule has 1 aromatic carbocycles. The number of aromatic nitrogens is 2. The molecule has 5 aliphatic carbocycles. The fraction of sp³-hybridized carbons (Fsp3) is 0.581. The number of aromatic amines is 1. The minimum absolute atomic E-state index is 0.147. The zero-order chi connectivity index (χ0) is 25.6. The van der Waals surface area contributed by atoms with Gasteiger partial charge in [-0.1, -0.05) is 63.3 Å². The summed E-state index contributed by atoms with van der Waals surface area (Å²) < 4.78 is 0. The molecule has 1 heterocycles. The Morgan fingerprint density at radius 2 is 1.73 bits per heavy atom. The largest absolute Gasteiger partial charge is 0.506 e. The number of rotatable bonds is 9. The van der Waals surface area contributed by atoms with E-state index in [0.717, 1.165) is 48.3 Å². The Kier molecular flexibility index (Phi) is 6.46. The van der Waals surface area contributed by atoms with Crippen molar-refractivity contribution in [2.45, 2.75) is 95.3 Å². The molecular formula is C31H39N3O3. The average Bonchev–Trinajstić information content (AvgIpc) is 3.34. The maximum absolute atomic E-state index is 13.6.